The molecular weight excluding hydrogens is 322 g/mol. The number of hydrogen-bond acceptors (Lipinski definition) is 4. The van der Waals surface area contributed by atoms with Crippen molar-refractivity contribution in [2.45, 2.75) is 11.4 Å². The van der Waals surface area contributed by atoms with E-state index in [0.29, 0.717) is 5.75 Å². The maximum absolute atomic E-state index is 11.0. The summed E-state index contributed by atoms with van der Waals surface area (Å²) in [4.78, 5) is 1.08. The summed E-state index contributed by atoms with van der Waals surface area (Å²) in [5.41, 5.74) is 1.19. The minimum absolute atomic E-state index is 0.216. The summed E-state index contributed by atoms with van der Waals surface area (Å²) >= 11 is 5.07. The van der Waals surface area contributed by atoms with Crippen LogP contribution in [0.2, 0.25) is 0 Å². The third-order valence-electron chi connectivity index (χ3n) is 2.11. The van der Waals surface area contributed by atoms with Crippen molar-refractivity contribution >= 4 is 37.5 Å². The second kappa shape index (κ2) is 6.78. The van der Waals surface area contributed by atoms with Crippen LogP contribution in [0.5, 0.6) is 0 Å². The first kappa shape index (κ1) is 15.0. The lowest BCUT2D eigenvalue weighted by molar-refractivity contribution is 0.603. The first-order valence-corrected chi connectivity index (χ1v) is 9.00. The lowest BCUT2D eigenvalue weighted by Crippen LogP contribution is -2.06. The van der Waals surface area contributed by atoms with Crippen LogP contribution in [0, 0.1) is 0 Å². The van der Waals surface area contributed by atoms with Crippen LogP contribution in [0.4, 0.5) is 0 Å². The molecule has 0 aliphatic carbocycles. The normalized spacial score (nSPS) is 11.7. The predicted molar refractivity (Wildman–Crippen MR) is 77.3 cm³/mol. The summed E-state index contributed by atoms with van der Waals surface area (Å²) in [5, 5.41) is 3.09. The molecule has 0 heterocycles. The molecule has 6 heteroatoms. The molecule has 0 fully saturated rings. The van der Waals surface area contributed by atoms with Crippen molar-refractivity contribution in [3.05, 3.63) is 28.2 Å². The molecule has 0 saturated carbocycles. The molecule has 0 bridgehead atoms. The van der Waals surface area contributed by atoms with Crippen LogP contribution < -0.4 is 5.32 Å². The summed E-state index contributed by atoms with van der Waals surface area (Å²) in [7, 11) is -0.960. The van der Waals surface area contributed by atoms with E-state index >= 15 is 0 Å². The summed E-state index contributed by atoms with van der Waals surface area (Å²) in [6, 6.07) is 6.09. The summed E-state index contributed by atoms with van der Waals surface area (Å²) in [6.07, 6.45) is 1.26. The number of sulfone groups is 1. The van der Waals surface area contributed by atoms with Gasteiger partial charge in [0.15, 0.2) is 0 Å². The average molecular weight is 338 g/mol. The topological polar surface area (TPSA) is 46.2 Å². The minimum atomic E-state index is -2.86. The highest BCUT2D eigenvalue weighted by molar-refractivity contribution is 9.10. The number of nitrogens with one attached hydrogen (secondary N) is 1. The summed E-state index contributed by atoms with van der Waals surface area (Å²) in [6.45, 7) is 0.814. The first-order chi connectivity index (χ1) is 7.92. The highest BCUT2D eigenvalue weighted by Gasteiger charge is 2.04. The van der Waals surface area contributed by atoms with Crippen molar-refractivity contribution in [1.29, 1.82) is 0 Å². The van der Waals surface area contributed by atoms with Crippen LogP contribution in [0.3, 0.4) is 0 Å². The third-order valence-corrected chi connectivity index (χ3v) is 5.05. The van der Waals surface area contributed by atoms with E-state index in [2.05, 4.69) is 21.2 Å². The molecule has 17 heavy (non-hydrogen) atoms. The fraction of sp³-hybridized carbons (Fsp3) is 0.455. The van der Waals surface area contributed by atoms with Gasteiger partial charge in [0.1, 0.15) is 9.84 Å². The van der Waals surface area contributed by atoms with Crippen LogP contribution in [0.15, 0.2) is 27.6 Å². The number of thioether (sulfide) groups is 1. The molecule has 1 aromatic carbocycles. The molecule has 0 saturated heterocycles. The van der Waals surface area contributed by atoms with Gasteiger partial charge >= 0.3 is 0 Å². The Morgan fingerprint density at radius 2 is 2.12 bits per heavy atom. The molecule has 96 valence electrons. The zero-order valence-electron chi connectivity index (χ0n) is 9.86. The summed E-state index contributed by atoms with van der Waals surface area (Å²) < 4.78 is 23.0. The SMILES string of the molecule is CNCc1ccc(SCCS(C)(=O)=O)cc1Br. The lowest BCUT2D eigenvalue weighted by atomic mass is 10.2. The zero-order valence-corrected chi connectivity index (χ0v) is 13.1. The molecule has 0 amide bonds. The average Bonchev–Trinajstić information content (AvgIpc) is 2.20. The van der Waals surface area contributed by atoms with Crippen molar-refractivity contribution < 1.29 is 8.42 Å². The van der Waals surface area contributed by atoms with E-state index in [1.54, 1.807) is 11.8 Å². The molecule has 1 rings (SSSR count). The standard InChI is InChI=1S/C11H16BrNO2S2/c1-13-8-9-3-4-10(7-11(9)12)16-5-6-17(2,14)15/h3-4,7,13H,5-6,8H2,1-2H3. The maximum Gasteiger partial charge on any atom is 0.148 e. The van der Waals surface area contributed by atoms with E-state index in [1.807, 2.05) is 25.2 Å². The van der Waals surface area contributed by atoms with Crippen LogP contribution in [-0.2, 0) is 16.4 Å². The fourth-order valence-corrected chi connectivity index (χ4v) is 4.08. The smallest absolute Gasteiger partial charge is 0.148 e. The van der Waals surface area contributed by atoms with Gasteiger partial charge in [-0.1, -0.05) is 22.0 Å². The highest BCUT2D eigenvalue weighted by Crippen LogP contribution is 2.25. The largest absolute Gasteiger partial charge is 0.316 e. The maximum atomic E-state index is 11.0. The Morgan fingerprint density at radius 3 is 2.65 bits per heavy atom. The Balaban J connectivity index is 2.58. The minimum Gasteiger partial charge on any atom is -0.316 e. The van der Waals surface area contributed by atoms with Crippen LogP contribution in [0.1, 0.15) is 5.56 Å². The van der Waals surface area contributed by atoms with Gasteiger partial charge in [-0.25, -0.2) is 8.42 Å². The molecule has 0 aromatic heterocycles. The molecule has 0 atom stereocenters. The second-order valence-electron chi connectivity index (χ2n) is 3.76. The van der Waals surface area contributed by atoms with Gasteiger partial charge in [-0.3, -0.25) is 0 Å². The van der Waals surface area contributed by atoms with E-state index in [9.17, 15) is 8.42 Å². The fourth-order valence-electron chi connectivity index (χ4n) is 1.26. The Morgan fingerprint density at radius 1 is 1.41 bits per heavy atom. The molecule has 0 aliphatic rings. The van der Waals surface area contributed by atoms with Gasteiger partial charge in [-0.15, -0.1) is 11.8 Å². The van der Waals surface area contributed by atoms with Crippen LogP contribution >= 0.6 is 27.7 Å². The van der Waals surface area contributed by atoms with Gasteiger partial charge in [0, 0.05) is 27.9 Å². The molecule has 0 spiro atoms. The van der Waals surface area contributed by atoms with Crippen LogP contribution in [-0.4, -0.2) is 33.2 Å². The molecular formula is C11H16BrNO2S2. The Hall–Kier alpha value is -0.0400. The number of halogens is 1. The Bertz CT molecular complexity index is 474. The van der Waals surface area contributed by atoms with E-state index in [-0.39, 0.29) is 5.75 Å². The lowest BCUT2D eigenvalue weighted by Gasteiger charge is -2.06. The molecule has 0 aliphatic heterocycles. The van der Waals surface area contributed by atoms with E-state index in [0.717, 1.165) is 15.9 Å². The van der Waals surface area contributed by atoms with Crippen molar-refractivity contribution in [1.82, 2.24) is 5.32 Å². The van der Waals surface area contributed by atoms with Crippen molar-refractivity contribution in [2.75, 3.05) is 24.8 Å². The second-order valence-corrected chi connectivity index (χ2v) is 8.04. The van der Waals surface area contributed by atoms with Gasteiger partial charge in [0.05, 0.1) is 5.75 Å². The monoisotopic (exact) mass is 337 g/mol. The molecule has 1 aromatic rings. The zero-order chi connectivity index (χ0) is 12.9. The van der Waals surface area contributed by atoms with Gasteiger partial charge in [-0.2, -0.15) is 0 Å². The molecule has 0 unspecified atom stereocenters. The predicted octanol–water partition coefficient (Wildman–Crippen LogP) is 2.31. The molecule has 3 nitrogen and oxygen atoms in total. The first-order valence-electron chi connectivity index (χ1n) is 5.16. The van der Waals surface area contributed by atoms with Crippen molar-refractivity contribution in [3.63, 3.8) is 0 Å². The summed E-state index contributed by atoms with van der Waals surface area (Å²) in [5.74, 6) is 0.810. The van der Waals surface area contributed by atoms with Gasteiger partial charge < -0.3 is 5.32 Å². The molecule has 1 N–H and O–H groups in total. The number of benzene rings is 1. The highest BCUT2D eigenvalue weighted by atomic mass is 79.9. The van der Waals surface area contributed by atoms with E-state index < -0.39 is 9.84 Å². The molecule has 0 radical (unpaired) electrons. The number of rotatable bonds is 6. The number of hydrogen-bond donors (Lipinski definition) is 1. The van der Waals surface area contributed by atoms with Crippen LogP contribution in [0.25, 0.3) is 0 Å². The van der Waals surface area contributed by atoms with Gasteiger partial charge in [-0.05, 0) is 24.7 Å². The quantitative estimate of drug-likeness (QED) is 0.809. The van der Waals surface area contributed by atoms with E-state index in [4.69, 9.17) is 0 Å². The Kier molecular flexibility index (Phi) is 5.99. The van der Waals surface area contributed by atoms with Gasteiger partial charge in [0.25, 0.3) is 0 Å². The Labute approximate surface area is 115 Å². The van der Waals surface area contributed by atoms with Crippen molar-refractivity contribution in [2.24, 2.45) is 0 Å². The third kappa shape index (κ3) is 5.90. The van der Waals surface area contributed by atoms with E-state index in [1.165, 1.54) is 11.8 Å². The van der Waals surface area contributed by atoms with Crippen molar-refractivity contribution in [3.8, 4) is 0 Å². The van der Waals surface area contributed by atoms with Gasteiger partial charge in [0.2, 0.25) is 0 Å².